The molecule has 1 unspecified atom stereocenters. The van der Waals surface area contributed by atoms with Crippen molar-refractivity contribution < 1.29 is 0 Å². The number of nitrogens with one attached hydrogen (secondary N) is 2. The van der Waals surface area contributed by atoms with Gasteiger partial charge < -0.3 is 10.6 Å². The predicted molar refractivity (Wildman–Crippen MR) is 160 cm³/mol. The summed E-state index contributed by atoms with van der Waals surface area (Å²) in [6.07, 6.45) is 0. The van der Waals surface area contributed by atoms with E-state index in [0.717, 1.165) is 13.1 Å². The maximum atomic E-state index is 3.92. The van der Waals surface area contributed by atoms with Gasteiger partial charge in [0.05, 0.1) is 12.1 Å². The van der Waals surface area contributed by atoms with Crippen LogP contribution in [0.15, 0.2) is 146 Å². The van der Waals surface area contributed by atoms with Gasteiger partial charge in [-0.05, 0) is 55.9 Å². The molecule has 2 nitrogen and oxygen atoms in total. The highest BCUT2D eigenvalue weighted by Crippen LogP contribution is 2.30. The Balaban J connectivity index is 1.30. The van der Waals surface area contributed by atoms with Gasteiger partial charge in [-0.1, -0.05) is 133 Å². The van der Waals surface area contributed by atoms with Gasteiger partial charge in [0, 0.05) is 13.1 Å². The molecule has 6 rings (SSSR count). The zero-order chi connectivity index (χ0) is 25.6. The van der Waals surface area contributed by atoms with Crippen LogP contribution in [0.1, 0.15) is 34.3 Å². The Hall–Kier alpha value is -4.24. The second-order valence-corrected chi connectivity index (χ2v) is 9.90. The monoisotopic (exact) mass is 492 g/mol. The highest BCUT2D eigenvalue weighted by atomic mass is 15.0. The second kappa shape index (κ2) is 11.4. The minimum absolute atomic E-state index is 0.0885. The Morgan fingerprint density at radius 3 is 1.16 bits per heavy atom. The molecule has 0 aliphatic heterocycles. The number of benzene rings is 6. The zero-order valence-corrected chi connectivity index (χ0v) is 21.4. The van der Waals surface area contributed by atoms with Crippen molar-refractivity contribution in [2.75, 3.05) is 0 Å². The first-order valence-corrected chi connectivity index (χ1v) is 13.4. The second-order valence-electron chi connectivity index (χ2n) is 9.90. The van der Waals surface area contributed by atoms with Gasteiger partial charge in [-0.15, -0.1) is 0 Å². The molecule has 0 heterocycles. The SMILES string of the molecule is c1ccc(C(NCc2ccc3ccccc3c2)[C@H](NCc2ccc3ccccc3c2)c2ccccc2)cc1. The molecule has 0 radical (unpaired) electrons. The quantitative estimate of drug-likeness (QED) is 0.212. The third-order valence-corrected chi connectivity index (χ3v) is 7.33. The van der Waals surface area contributed by atoms with Crippen LogP contribution in [-0.2, 0) is 13.1 Å². The Bertz CT molecular complexity index is 1500. The van der Waals surface area contributed by atoms with Crippen molar-refractivity contribution in [1.82, 2.24) is 10.6 Å². The van der Waals surface area contributed by atoms with Gasteiger partial charge in [0.25, 0.3) is 0 Å². The van der Waals surface area contributed by atoms with Gasteiger partial charge in [-0.3, -0.25) is 0 Å². The van der Waals surface area contributed by atoms with Crippen molar-refractivity contribution in [1.29, 1.82) is 0 Å². The summed E-state index contributed by atoms with van der Waals surface area (Å²) in [6.45, 7) is 1.57. The summed E-state index contributed by atoms with van der Waals surface area (Å²) in [5.74, 6) is 0. The van der Waals surface area contributed by atoms with Crippen LogP contribution in [0, 0.1) is 0 Å². The van der Waals surface area contributed by atoms with E-state index in [4.69, 9.17) is 0 Å². The summed E-state index contributed by atoms with van der Waals surface area (Å²) >= 11 is 0. The van der Waals surface area contributed by atoms with Crippen molar-refractivity contribution >= 4 is 21.5 Å². The number of rotatable bonds is 9. The molecular weight excluding hydrogens is 460 g/mol. The van der Waals surface area contributed by atoms with Gasteiger partial charge in [0.15, 0.2) is 0 Å². The first kappa shape index (κ1) is 24.1. The molecule has 2 N–H and O–H groups in total. The van der Waals surface area contributed by atoms with E-state index in [2.05, 4.69) is 156 Å². The van der Waals surface area contributed by atoms with Gasteiger partial charge >= 0.3 is 0 Å². The van der Waals surface area contributed by atoms with E-state index in [9.17, 15) is 0 Å². The molecule has 0 spiro atoms. The zero-order valence-electron chi connectivity index (χ0n) is 21.4. The first-order chi connectivity index (χ1) is 18.8. The van der Waals surface area contributed by atoms with Gasteiger partial charge in [0.2, 0.25) is 0 Å². The Kier molecular flexibility index (Phi) is 7.26. The molecule has 0 aromatic heterocycles. The van der Waals surface area contributed by atoms with Crippen LogP contribution in [-0.4, -0.2) is 0 Å². The van der Waals surface area contributed by atoms with E-state index >= 15 is 0 Å². The largest absolute Gasteiger partial charge is 0.304 e. The fourth-order valence-electron chi connectivity index (χ4n) is 5.33. The van der Waals surface area contributed by atoms with Gasteiger partial charge in [-0.25, -0.2) is 0 Å². The lowest BCUT2D eigenvalue weighted by atomic mass is 9.92. The summed E-state index contributed by atoms with van der Waals surface area (Å²) in [7, 11) is 0. The molecule has 0 aliphatic carbocycles. The smallest absolute Gasteiger partial charge is 0.0521 e. The topological polar surface area (TPSA) is 24.1 Å². The predicted octanol–water partition coefficient (Wildman–Crippen LogP) is 8.36. The maximum Gasteiger partial charge on any atom is 0.0521 e. The first-order valence-electron chi connectivity index (χ1n) is 13.4. The summed E-state index contributed by atoms with van der Waals surface area (Å²) in [6, 6.07) is 52.4. The minimum atomic E-state index is 0.0885. The molecule has 2 heteroatoms. The van der Waals surface area contributed by atoms with Crippen molar-refractivity contribution in [3.63, 3.8) is 0 Å². The fraction of sp³-hybridized carbons (Fsp3) is 0.111. The van der Waals surface area contributed by atoms with Crippen LogP contribution in [0.2, 0.25) is 0 Å². The van der Waals surface area contributed by atoms with Crippen LogP contribution >= 0.6 is 0 Å². The van der Waals surface area contributed by atoms with Crippen molar-refractivity contribution in [3.8, 4) is 0 Å². The van der Waals surface area contributed by atoms with Crippen LogP contribution in [0.5, 0.6) is 0 Å². The molecule has 0 amide bonds. The normalized spacial score (nSPS) is 12.9. The molecule has 0 bridgehead atoms. The standard InChI is InChI=1S/C36H32N2/c1-3-13-31(14-4-1)35(37-25-27-19-21-29-11-7-9-17-33(29)23-27)36(32-15-5-2-6-16-32)38-26-28-20-22-30-12-8-10-18-34(30)24-28/h1-24,35-38H,25-26H2/t35-,36?/m1/s1. The van der Waals surface area contributed by atoms with Crippen LogP contribution < -0.4 is 10.6 Å². The summed E-state index contributed by atoms with van der Waals surface area (Å²) in [5, 5.41) is 12.9. The van der Waals surface area contributed by atoms with E-state index in [0.29, 0.717) is 0 Å². The van der Waals surface area contributed by atoms with Crippen LogP contribution in [0.4, 0.5) is 0 Å². The van der Waals surface area contributed by atoms with E-state index < -0.39 is 0 Å². The van der Waals surface area contributed by atoms with Gasteiger partial charge in [0.1, 0.15) is 0 Å². The van der Waals surface area contributed by atoms with Crippen molar-refractivity contribution in [3.05, 3.63) is 168 Å². The Labute approximate surface area is 225 Å². The lowest BCUT2D eigenvalue weighted by molar-refractivity contribution is 0.381. The Morgan fingerprint density at radius 2 is 0.737 bits per heavy atom. The average molecular weight is 493 g/mol. The molecule has 6 aromatic rings. The third-order valence-electron chi connectivity index (χ3n) is 7.33. The van der Waals surface area contributed by atoms with Crippen molar-refractivity contribution in [2.45, 2.75) is 25.2 Å². The summed E-state index contributed by atoms with van der Waals surface area (Å²) in [4.78, 5) is 0. The lowest BCUT2D eigenvalue weighted by Crippen LogP contribution is -2.35. The maximum absolute atomic E-state index is 3.92. The van der Waals surface area contributed by atoms with E-state index in [1.54, 1.807) is 0 Å². The van der Waals surface area contributed by atoms with E-state index in [-0.39, 0.29) is 12.1 Å². The van der Waals surface area contributed by atoms with E-state index in [1.165, 1.54) is 43.8 Å². The number of hydrogen-bond acceptors (Lipinski definition) is 2. The lowest BCUT2D eigenvalue weighted by Gasteiger charge is -2.30. The molecule has 6 aromatic carbocycles. The molecule has 2 atom stereocenters. The molecule has 0 saturated carbocycles. The molecule has 38 heavy (non-hydrogen) atoms. The van der Waals surface area contributed by atoms with Gasteiger partial charge in [-0.2, -0.15) is 0 Å². The highest BCUT2D eigenvalue weighted by molar-refractivity contribution is 5.83. The molecule has 186 valence electrons. The summed E-state index contributed by atoms with van der Waals surface area (Å²) < 4.78 is 0. The minimum Gasteiger partial charge on any atom is -0.304 e. The van der Waals surface area contributed by atoms with Crippen LogP contribution in [0.3, 0.4) is 0 Å². The molecule has 0 aliphatic rings. The average Bonchev–Trinajstić information content (AvgIpc) is 2.99. The highest BCUT2D eigenvalue weighted by Gasteiger charge is 2.24. The van der Waals surface area contributed by atoms with Crippen molar-refractivity contribution in [2.24, 2.45) is 0 Å². The Morgan fingerprint density at radius 1 is 0.368 bits per heavy atom. The number of fused-ring (bicyclic) bond motifs is 2. The number of hydrogen-bond donors (Lipinski definition) is 2. The summed E-state index contributed by atoms with van der Waals surface area (Å²) in [5.41, 5.74) is 5.11. The molecular formula is C36H32N2. The molecule has 0 fully saturated rings. The van der Waals surface area contributed by atoms with E-state index in [1.807, 2.05) is 0 Å². The third kappa shape index (κ3) is 5.52. The van der Waals surface area contributed by atoms with Crippen LogP contribution in [0.25, 0.3) is 21.5 Å². The molecule has 0 saturated heterocycles. The fourth-order valence-corrected chi connectivity index (χ4v) is 5.33.